The molecule has 0 aromatic carbocycles. The number of rotatable bonds is 3. The monoisotopic (exact) mass is 186 g/mol. The fraction of sp³-hybridized carbons (Fsp3) is 1.00. The van der Waals surface area contributed by atoms with Crippen LogP contribution >= 0.6 is 11.8 Å². The Balaban J connectivity index is 1.58. The highest BCUT2D eigenvalue weighted by Crippen LogP contribution is 2.32. The minimum atomic E-state index is 0.819. The van der Waals surface area contributed by atoms with Crippen molar-refractivity contribution >= 4 is 11.8 Å². The van der Waals surface area contributed by atoms with Gasteiger partial charge in [0.1, 0.15) is 0 Å². The molecule has 2 fully saturated rings. The van der Waals surface area contributed by atoms with Crippen LogP contribution in [0.25, 0.3) is 0 Å². The minimum absolute atomic E-state index is 0.819. The van der Waals surface area contributed by atoms with E-state index in [9.17, 15) is 0 Å². The predicted molar refractivity (Wildman–Crippen MR) is 53.6 cm³/mol. The lowest BCUT2D eigenvalue weighted by atomic mass is 9.87. The van der Waals surface area contributed by atoms with Crippen molar-refractivity contribution in [3.05, 3.63) is 0 Å². The quantitative estimate of drug-likeness (QED) is 0.670. The standard InChI is InChI=1S/C10H18OS/c1-3-9(4-1)8-12-10-5-2-6-11-7-10/h9-10H,1-8H2. The van der Waals surface area contributed by atoms with Crippen molar-refractivity contribution in [1.29, 1.82) is 0 Å². The highest BCUT2D eigenvalue weighted by atomic mass is 32.2. The Morgan fingerprint density at radius 1 is 1.17 bits per heavy atom. The zero-order valence-electron chi connectivity index (χ0n) is 7.63. The van der Waals surface area contributed by atoms with E-state index in [0.29, 0.717) is 0 Å². The number of hydrogen-bond acceptors (Lipinski definition) is 2. The normalized spacial score (nSPS) is 31.5. The maximum Gasteiger partial charge on any atom is 0.0585 e. The summed E-state index contributed by atoms with van der Waals surface area (Å²) in [5, 5.41) is 0.819. The molecular formula is C10H18OS. The van der Waals surface area contributed by atoms with Crippen LogP contribution in [0.1, 0.15) is 32.1 Å². The van der Waals surface area contributed by atoms with Crippen molar-refractivity contribution in [2.45, 2.75) is 37.4 Å². The van der Waals surface area contributed by atoms with E-state index >= 15 is 0 Å². The number of hydrogen-bond donors (Lipinski definition) is 0. The lowest BCUT2D eigenvalue weighted by Gasteiger charge is -2.28. The summed E-state index contributed by atoms with van der Waals surface area (Å²) in [6.45, 7) is 2.01. The Morgan fingerprint density at radius 2 is 2.08 bits per heavy atom. The van der Waals surface area contributed by atoms with Gasteiger partial charge in [-0.25, -0.2) is 0 Å². The van der Waals surface area contributed by atoms with Gasteiger partial charge in [-0.15, -0.1) is 0 Å². The molecule has 1 saturated carbocycles. The van der Waals surface area contributed by atoms with E-state index in [1.807, 2.05) is 0 Å². The highest BCUT2D eigenvalue weighted by Gasteiger charge is 2.20. The minimum Gasteiger partial charge on any atom is -0.380 e. The largest absolute Gasteiger partial charge is 0.380 e. The summed E-state index contributed by atoms with van der Waals surface area (Å²) in [7, 11) is 0. The van der Waals surface area contributed by atoms with Crippen LogP contribution in [-0.4, -0.2) is 24.2 Å². The maximum absolute atomic E-state index is 5.45. The Hall–Kier alpha value is 0.310. The first-order valence-corrected chi connectivity index (χ1v) is 6.19. The summed E-state index contributed by atoms with van der Waals surface area (Å²) in [5.41, 5.74) is 0. The van der Waals surface area contributed by atoms with Gasteiger partial charge in [0.25, 0.3) is 0 Å². The molecule has 2 rings (SSSR count). The fourth-order valence-electron chi connectivity index (χ4n) is 1.77. The second kappa shape index (κ2) is 4.52. The Morgan fingerprint density at radius 3 is 2.67 bits per heavy atom. The third-order valence-electron chi connectivity index (χ3n) is 2.91. The van der Waals surface area contributed by atoms with Gasteiger partial charge in [0.15, 0.2) is 0 Å². The van der Waals surface area contributed by atoms with E-state index < -0.39 is 0 Å². The summed E-state index contributed by atoms with van der Waals surface area (Å²) in [4.78, 5) is 0. The van der Waals surface area contributed by atoms with Crippen molar-refractivity contribution in [3.63, 3.8) is 0 Å². The molecule has 1 aliphatic heterocycles. The van der Waals surface area contributed by atoms with E-state index in [1.54, 1.807) is 0 Å². The van der Waals surface area contributed by atoms with Gasteiger partial charge in [-0.1, -0.05) is 6.42 Å². The van der Waals surface area contributed by atoms with Gasteiger partial charge in [0.2, 0.25) is 0 Å². The van der Waals surface area contributed by atoms with Crippen LogP contribution in [0.2, 0.25) is 0 Å². The molecule has 2 aliphatic rings. The van der Waals surface area contributed by atoms with E-state index in [4.69, 9.17) is 4.74 Å². The first kappa shape index (κ1) is 8.89. The zero-order valence-corrected chi connectivity index (χ0v) is 8.44. The molecule has 0 spiro atoms. The molecule has 1 atom stereocenters. The summed E-state index contributed by atoms with van der Waals surface area (Å²) >= 11 is 2.16. The molecule has 2 heteroatoms. The molecule has 0 aromatic heterocycles. The number of ether oxygens (including phenoxy) is 1. The summed E-state index contributed by atoms with van der Waals surface area (Å²) in [6.07, 6.45) is 7.12. The van der Waals surface area contributed by atoms with Crippen molar-refractivity contribution in [1.82, 2.24) is 0 Å². The van der Waals surface area contributed by atoms with Crippen LogP contribution in [0.3, 0.4) is 0 Å². The SMILES string of the molecule is C1CC(CSC2CCCOC2)C1. The van der Waals surface area contributed by atoms with E-state index in [-0.39, 0.29) is 0 Å². The molecule has 1 unspecified atom stereocenters. The van der Waals surface area contributed by atoms with Crippen molar-refractivity contribution in [2.24, 2.45) is 5.92 Å². The Kier molecular flexibility index (Phi) is 3.35. The van der Waals surface area contributed by atoms with Gasteiger partial charge >= 0.3 is 0 Å². The van der Waals surface area contributed by atoms with Gasteiger partial charge in [-0.2, -0.15) is 11.8 Å². The van der Waals surface area contributed by atoms with Gasteiger partial charge in [-0.05, 0) is 37.4 Å². The molecule has 0 amide bonds. The second-order valence-electron chi connectivity index (χ2n) is 3.97. The van der Waals surface area contributed by atoms with E-state index in [2.05, 4.69) is 11.8 Å². The first-order valence-electron chi connectivity index (χ1n) is 5.14. The summed E-state index contributed by atoms with van der Waals surface area (Å²) < 4.78 is 5.45. The Bertz CT molecular complexity index is 128. The molecule has 0 radical (unpaired) electrons. The smallest absolute Gasteiger partial charge is 0.0585 e. The van der Waals surface area contributed by atoms with Crippen LogP contribution in [0, 0.1) is 5.92 Å². The average Bonchev–Trinajstić information content (AvgIpc) is 2.04. The van der Waals surface area contributed by atoms with Gasteiger partial charge < -0.3 is 4.74 Å². The van der Waals surface area contributed by atoms with Crippen molar-refractivity contribution < 1.29 is 4.74 Å². The molecule has 1 aliphatic carbocycles. The third-order valence-corrected chi connectivity index (χ3v) is 4.42. The lowest BCUT2D eigenvalue weighted by Crippen LogP contribution is -2.22. The van der Waals surface area contributed by atoms with Crippen LogP contribution in [0.4, 0.5) is 0 Å². The molecule has 0 N–H and O–H groups in total. The average molecular weight is 186 g/mol. The lowest BCUT2D eigenvalue weighted by molar-refractivity contribution is 0.101. The van der Waals surface area contributed by atoms with Crippen LogP contribution in [-0.2, 0) is 4.74 Å². The van der Waals surface area contributed by atoms with Crippen LogP contribution in [0.5, 0.6) is 0 Å². The molecule has 1 nitrogen and oxygen atoms in total. The summed E-state index contributed by atoms with van der Waals surface area (Å²) in [6, 6.07) is 0. The second-order valence-corrected chi connectivity index (χ2v) is 5.30. The van der Waals surface area contributed by atoms with Gasteiger partial charge in [-0.3, -0.25) is 0 Å². The third kappa shape index (κ3) is 2.40. The highest BCUT2D eigenvalue weighted by molar-refractivity contribution is 7.99. The Labute approximate surface area is 79.2 Å². The van der Waals surface area contributed by atoms with Gasteiger partial charge in [0.05, 0.1) is 6.61 Å². The van der Waals surface area contributed by atoms with Crippen molar-refractivity contribution in [3.8, 4) is 0 Å². The molecular weight excluding hydrogens is 168 g/mol. The fourth-order valence-corrected chi connectivity index (χ4v) is 3.18. The van der Waals surface area contributed by atoms with Crippen molar-refractivity contribution in [2.75, 3.05) is 19.0 Å². The van der Waals surface area contributed by atoms with E-state index in [0.717, 1.165) is 24.4 Å². The molecule has 0 aromatic rings. The topological polar surface area (TPSA) is 9.23 Å². The van der Waals surface area contributed by atoms with Crippen LogP contribution < -0.4 is 0 Å². The first-order chi connectivity index (χ1) is 5.95. The molecule has 1 heterocycles. The number of thioether (sulfide) groups is 1. The summed E-state index contributed by atoms with van der Waals surface area (Å²) in [5.74, 6) is 2.45. The van der Waals surface area contributed by atoms with Crippen LogP contribution in [0.15, 0.2) is 0 Å². The zero-order chi connectivity index (χ0) is 8.23. The maximum atomic E-state index is 5.45. The van der Waals surface area contributed by atoms with E-state index in [1.165, 1.54) is 37.9 Å². The molecule has 70 valence electrons. The van der Waals surface area contributed by atoms with Gasteiger partial charge in [0, 0.05) is 11.9 Å². The molecule has 0 bridgehead atoms. The molecule has 1 saturated heterocycles. The molecule has 12 heavy (non-hydrogen) atoms. The predicted octanol–water partition coefficient (Wildman–Crippen LogP) is 2.70.